The maximum absolute atomic E-state index is 11.7. The highest BCUT2D eigenvalue weighted by atomic mass is 16.5. The van der Waals surface area contributed by atoms with Crippen molar-refractivity contribution in [1.82, 2.24) is 9.97 Å². The van der Waals surface area contributed by atoms with Gasteiger partial charge in [-0.25, -0.2) is 9.97 Å². The summed E-state index contributed by atoms with van der Waals surface area (Å²) in [6, 6.07) is 17.8. The summed E-state index contributed by atoms with van der Waals surface area (Å²) in [5, 5.41) is 0.898. The average molecular weight is 334 g/mol. The molecule has 1 saturated heterocycles. The Morgan fingerprint density at radius 2 is 1.84 bits per heavy atom. The van der Waals surface area contributed by atoms with Crippen LogP contribution in [0.2, 0.25) is 0 Å². The fourth-order valence-electron chi connectivity index (χ4n) is 3.20. The predicted octanol–water partition coefficient (Wildman–Crippen LogP) is 2.31. The van der Waals surface area contributed by atoms with Gasteiger partial charge in [0.1, 0.15) is 5.82 Å². The maximum atomic E-state index is 11.7. The van der Waals surface area contributed by atoms with Crippen molar-refractivity contribution in [1.29, 1.82) is 0 Å². The zero-order valence-electron chi connectivity index (χ0n) is 13.6. The van der Waals surface area contributed by atoms with Crippen molar-refractivity contribution in [3.05, 3.63) is 66.0 Å². The molecule has 1 fully saturated rings. The van der Waals surface area contributed by atoms with Crippen LogP contribution in [0.15, 0.2) is 54.6 Å². The lowest BCUT2D eigenvalue weighted by atomic mass is 10.0. The second-order valence-corrected chi connectivity index (χ2v) is 5.95. The number of aromatic nitrogens is 2. The number of nitrogens with zero attached hydrogens (tertiary/aromatic N) is 3. The standard InChI is InChI=1S/C19H18N4O2/c20-17(24)18-21-15-9-5-4-8-14(15)19(22-18)23-10-11-25-12-16(23)13-6-2-1-3-7-13/h1-9,16H,10-12H2,(H2,20,24). The van der Waals surface area contributed by atoms with Gasteiger partial charge in [-0.2, -0.15) is 0 Å². The van der Waals surface area contributed by atoms with E-state index in [0.717, 1.165) is 16.8 Å². The molecule has 2 aromatic carbocycles. The minimum Gasteiger partial charge on any atom is -0.377 e. The van der Waals surface area contributed by atoms with E-state index in [2.05, 4.69) is 27.0 Å². The Hall–Kier alpha value is -2.99. The number of rotatable bonds is 3. The molecule has 1 unspecified atom stereocenters. The third-order valence-corrected chi connectivity index (χ3v) is 4.39. The van der Waals surface area contributed by atoms with Crippen molar-refractivity contribution in [3.8, 4) is 0 Å². The second-order valence-electron chi connectivity index (χ2n) is 5.95. The number of fused-ring (bicyclic) bond motifs is 1. The number of benzene rings is 2. The number of carbonyl (C=O) groups excluding carboxylic acids is 1. The van der Waals surface area contributed by atoms with E-state index in [1.165, 1.54) is 0 Å². The molecule has 0 saturated carbocycles. The molecule has 25 heavy (non-hydrogen) atoms. The lowest BCUT2D eigenvalue weighted by molar-refractivity contribution is 0.0937. The molecular formula is C19H18N4O2. The molecule has 6 heteroatoms. The van der Waals surface area contributed by atoms with Crippen molar-refractivity contribution in [3.63, 3.8) is 0 Å². The monoisotopic (exact) mass is 334 g/mol. The Labute approximate surface area is 145 Å². The largest absolute Gasteiger partial charge is 0.377 e. The molecule has 1 aliphatic heterocycles. The molecule has 0 bridgehead atoms. The van der Waals surface area contributed by atoms with Crippen molar-refractivity contribution in [2.75, 3.05) is 24.7 Å². The summed E-state index contributed by atoms with van der Waals surface area (Å²) in [7, 11) is 0. The van der Waals surface area contributed by atoms with Gasteiger partial charge in [0, 0.05) is 11.9 Å². The van der Waals surface area contributed by atoms with Crippen LogP contribution in [0.1, 0.15) is 22.2 Å². The second kappa shape index (κ2) is 6.49. The lowest BCUT2D eigenvalue weighted by Crippen LogP contribution is -2.40. The summed E-state index contributed by atoms with van der Waals surface area (Å²) in [4.78, 5) is 22.6. The zero-order valence-corrected chi connectivity index (χ0v) is 13.6. The van der Waals surface area contributed by atoms with E-state index in [1.54, 1.807) is 0 Å². The Morgan fingerprint density at radius 3 is 2.64 bits per heavy atom. The summed E-state index contributed by atoms with van der Waals surface area (Å²) in [6.07, 6.45) is 0. The number of primary amides is 1. The van der Waals surface area contributed by atoms with Crippen molar-refractivity contribution >= 4 is 22.6 Å². The smallest absolute Gasteiger partial charge is 0.286 e. The SMILES string of the molecule is NC(=O)c1nc(N2CCOCC2c2ccccc2)c2ccccc2n1. The number of amides is 1. The van der Waals surface area contributed by atoms with Crippen LogP contribution in [0.5, 0.6) is 0 Å². The van der Waals surface area contributed by atoms with Gasteiger partial charge in [0.2, 0.25) is 5.82 Å². The molecule has 2 N–H and O–H groups in total. The summed E-state index contributed by atoms with van der Waals surface area (Å²) < 4.78 is 5.70. The quantitative estimate of drug-likeness (QED) is 0.795. The Bertz CT molecular complexity index is 914. The van der Waals surface area contributed by atoms with Crippen LogP contribution in [0.3, 0.4) is 0 Å². The van der Waals surface area contributed by atoms with Gasteiger partial charge < -0.3 is 15.4 Å². The minimum atomic E-state index is -0.628. The van der Waals surface area contributed by atoms with E-state index in [0.29, 0.717) is 25.3 Å². The van der Waals surface area contributed by atoms with Crippen LogP contribution < -0.4 is 10.6 Å². The van der Waals surface area contributed by atoms with Gasteiger partial charge in [-0.15, -0.1) is 0 Å². The number of para-hydroxylation sites is 1. The molecule has 1 aromatic heterocycles. The van der Waals surface area contributed by atoms with Gasteiger partial charge in [0.05, 0.1) is 24.8 Å². The Kier molecular flexibility index (Phi) is 4.03. The molecule has 0 radical (unpaired) electrons. The topological polar surface area (TPSA) is 81.3 Å². The van der Waals surface area contributed by atoms with Crippen LogP contribution in [0.25, 0.3) is 10.9 Å². The third-order valence-electron chi connectivity index (χ3n) is 4.39. The molecule has 1 atom stereocenters. The molecule has 4 rings (SSSR count). The van der Waals surface area contributed by atoms with E-state index in [9.17, 15) is 4.79 Å². The first-order valence-corrected chi connectivity index (χ1v) is 8.20. The number of morpholine rings is 1. The summed E-state index contributed by atoms with van der Waals surface area (Å²) in [5.41, 5.74) is 7.29. The van der Waals surface area contributed by atoms with Crippen LogP contribution in [0, 0.1) is 0 Å². The van der Waals surface area contributed by atoms with Crippen LogP contribution >= 0.6 is 0 Å². The van der Waals surface area contributed by atoms with Crippen LogP contribution in [0.4, 0.5) is 5.82 Å². The Balaban J connectivity index is 1.87. The average Bonchev–Trinajstić information content (AvgIpc) is 2.68. The van der Waals surface area contributed by atoms with Crippen molar-refractivity contribution in [2.24, 2.45) is 5.73 Å². The van der Waals surface area contributed by atoms with Gasteiger partial charge in [-0.3, -0.25) is 4.79 Å². The lowest BCUT2D eigenvalue weighted by Gasteiger charge is -2.37. The van der Waals surface area contributed by atoms with E-state index in [1.807, 2.05) is 42.5 Å². The first kappa shape index (κ1) is 15.5. The molecule has 0 aliphatic carbocycles. The number of carbonyl (C=O) groups is 1. The third kappa shape index (κ3) is 2.92. The minimum absolute atomic E-state index is 0.0222. The number of hydrogen-bond acceptors (Lipinski definition) is 5. The number of hydrogen-bond donors (Lipinski definition) is 1. The van der Waals surface area contributed by atoms with Gasteiger partial charge in [-0.1, -0.05) is 42.5 Å². The van der Waals surface area contributed by atoms with Crippen LogP contribution in [-0.4, -0.2) is 35.6 Å². The molecule has 1 amide bonds. The molecule has 3 aromatic rings. The van der Waals surface area contributed by atoms with Gasteiger partial charge in [0.15, 0.2) is 0 Å². The molecule has 126 valence electrons. The molecule has 0 spiro atoms. The van der Waals surface area contributed by atoms with E-state index in [4.69, 9.17) is 10.5 Å². The van der Waals surface area contributed by atoms with Gasteiger partial charge >= 0.3 is 0 Å². The van der Waals surface area contributed by atoms with E-state index >= 15 is 0 Å². The first-order valence-electron chi connectivity index (χ1n) is 8.20. The molecule has 1 aliphatic rings. The Morgan fingerprint density at radius 1 is 1.08 bits per heavy atom. The number of nitrogens with two attached hydrogens (primary N) is 1. The van der Waals surface area contributed by atoms with E-state index in [-0.39, 0.29) is 11.9 Å². The molecule has 2 heterocycles. The van der Waals surface area contributed by atoms with Crippen molar-refractivity contribution < 1.29 is 9.53 Å². The fraction of sp³-hybridized carbons (Fsp3) is 0.211. The zero-order chi connectivity index (χ0) is 17.2. The highest BCUT2D eigenvalue weighted by Crippen LogP contribution is 2.32. The number of anilines is 1. The van der Waals surface area contributed by atoms with Gasteiger partial charge in [0.25, 0.3) is 5.91 Å². The predicted molar refractivity (Wildman–Crippen MR) is 95.4 cm³/mol. The highest BCUT2D eigenvalue weighted by molar-refractivity contribution is 5.96. The normalized spacial score (nSPS) is 17.6. The maximum Gasteiger partial charge on any atom is 0.286 e. The van der Waals surface area contributed by atoms with Gasteiger partial charge in [-0.05, 0) is 17.7 Å². The van der Waals surface area contributed by atoms with E-state index < -0.39 is 5.91 Å². The summed E-state index contributed by atoms with van der Waals surface area (Å²) >= 11 is 0. The van der Waals surface area contributed by atoms with Crippen LogP contribution in [-0.2, 0) is 4.74 Å². The summed E-state index contributed by atoms with van der Waals surface area (Å²) in [6.45, 7) is 1.85. The summed E-state index contributed by atoms with van der Waals surface area (Å²) in [5.74, 6) is 0.125. The first-order chi connectivity index (χ1) is 12.2. The fourth-order valence-corrected chi connectivity index (χ4v) is 3.20. The van der Waals surface area contributed by atoms with Crippen molar-refractivity contribution in [2.45, 2.75) is 6.04 Å². The number of ether oxygens (including phenoxy) is 1. The highest BCUT2D eigenvalue weighted by Gasteiger charge is 2.28. The molecule has 6 nitrogen and oxygen atoms in total. The molecular weight excluding hydrogens is 316 g/mol.